The highest BCUT2D eigenvalue weighted by Crippen LogP contribution is 2.37. The fourth-order valence-electron chi connectivity index (χ4n) is 3.57. The summed E-state index contributed by atoms with van der Waals surface area (Å²) in [6.07, 6.45) is -3.31. The number of hydrogen-bond acceptors (Lipinski definition) is 7. The van der Waals surface area contributed by atoms with Gasteiger partial charge in [-0.05, 0) is 64.2 Å². The summed E-state index contributed by atoms with van der Waals surface area (Å²) in [6, 6.07) is 2.92. The van der Waals surface area contributed by atoms with Crippen molar-refractivity contribution in [3.8, 4) is 0 Å². The lowest BCUT2D eigenvalue weighted by Gasteiger charge is -2.38. The third kappa shape index (κ3) is 6.12. The minimum atomic E-state index is -4.76. The van der Waals surface area contributed by atoms with Gasteiger partial charge in [-0.25, -0.2) is 18.1 Å². The average molecular weight is 491 g/mol. The van der Waals surface area contributed by atoms with E-state index in [-0.39, 0.29) is 35.2 Å². The van der Waals surface area contributed by atoms with E-state index in [2.05, 4.69) is 20.0 Å². The van der Waals surface area contributed by atoms with Gasteiger partial charge in [0.25, 0.3) is 0 Å². The second-order valence-corrected chi connectivity index (χ2v) is 10.3. The number of alkyl halides is 3. The Labute approximate surface area is 195 Å². The predicted molar refractivity (Wildman–Crippen MR) is 119 cm³/mol. The van der Waals surface area contributed by atoms with Gasteiger partial charge in [0.2, 0.25) is 16.0 Å². The van der Waals surface area contributed by atoms with E-state index >= 15 is 0 Å². The van der Waals surface area contributed by atoms with E-state index in [9.17, 15) is 26.7 Å². The first-order valence-electron chi connectivity index (χ1n) is 11.7. The van der Waals surface area contributed by atoms with Gasteiger partial charge in [-0.2, -0.15) is 18.2 Å². The van der Waals surface area contributed by atoms with Crippen LogP contribution < -0.4 is 14.9 Å². The molecule has 0 amide bonds. The molecule has 1 aliphatic heterocycles. The van der Waals surface area contributed by atoms with Crippen molar-refractivity contribution in [1.82, 2.24) is 14.7 Å². The first-order chi connectivity index (χ1) is 16.4. The van der Waals surface area contributed by atoms with Crippen molar-refractivity contribution in [3.63, 3.8) is 0 Å². The molecule has 3 N–H and O–H groups in total. The Morgan fingerprint density at radius 3 is 2.67 bits per heavy atom. The molecule has 0 spiro atoms. The normalized spacial score (nSPS) is 21.5. The third-order valence-electron chi connectivity index (χ3n) is 4.99. The summed E-state index contributed by atoms with van der Waals surface area (Å²) in [5, 5.41) is 13.0. The first kappa shape index (κ1) is 21.1. The van der Waals surface area contributed by atoms with Gasteiger partial charge in [0, 0.05) is 35.1 Å². The molecule has 3 rings (SSSR count). The lowest BCUT2D eigenvalue weighted by Crippen LogP contribution is -2.47. The first-order valence-corrected chi connectivity index (χ1v) is 11.7. The average Bonchev–Trinajstić information content (AvgIpc) is 2.70. The Hall–Kier alpha value is -2.44. The van der Waals surface area contributed by atoms with Crippen LogP contribution in [-0.4, -0.2) is 48.2 Å². The summed E-state index contributed by atoms with van der Waals surface area (Å²) >= 11 is 0. The maximum atomic E-state index is 13.7. The van der Waals surface area contributed by atoms with Gasteiger partial charge in [0.15, 0.2) is 0 Å². The van der Waals surface area contributed by atoms with Gasteiger partial charge in [-0.1, -0.05) is 0 Å². The van der Waals surface area contributed by atoms with Crippen molar-refractivity contribution < 1.29 is 30.8 Å². The fourth-order valence-corrected chi connectivity index (χ4v) is 4.85. The molecule has 0 radical (unpaired) electrons. The van der Waals surface area contributed by atoms with E-state index in [4.69, 9.17) is 4.11 Å². The monoisotopic (exact) mass is 490 g/mol. The van der Waals surface area contributed by atoms with Crippen molar-refractivity contribution in [2.24, 2.45) is 0 Å². The number of hydrogen-bond donors (Lipinski definition) is 3. The molecule has 182 valence electrons. The smallest absolute Gasteiger partial charge is 0.388 e. The number of aliphatic hydroxyl groups is 1. The number of β-amino-alcohol motifs (C(OH)–C–C–N with tert-alkyl or cyclic N) is 1. The van der Waals surface area contributed by atoms with Gasteiger partial charge in [0.1, 0.15) is 11.4 Å². The number of halogens is 3. The summed E-state index contributed by atoms with van der Waals surface area (Å²) in [5.41, 5.74) is -2.77. The van der Waals surface area contributed by atoms with Gasteiger partial charge in [-0.15, -0.1) is 0 Å². The minimum absolute atomic E-state index is 0.0809. The second kappa shape index (κ2) is 9.07. The Bertz CT molecular complexity index is 1220. The van der Waals surface area contributed by atoms with E-state index in [0.29, 0.717) is 19.0 Å². The van der Waals surface area contributed by atoms with Crippen LogP contribution in [0.5, 0.6) is 0 Å². The molecule has 33 heavy (non-hydrogen) atoms. The molecule has 2 aromatic rings. The van der Waals surface area contributed by atoms with Crippen LogP contribution in [0.2, 0.25) is 0 Å². The summed E-state index contributed by atoms with van der Waals surface area (Å²) in [6.45, 7) is 2.14. The molecule has 1 aliphatic rings. The lowest BCUT2D eigenvalue weighted by molar-refractivity contribution is -0.137. The molecule has 1 fully saturated rings. The van der Waals surface area contributed by atoms with Crippen LogP contribution in [0, 0.1) is 6.85 Å². The summed E-state index contributed by atoms with van der Waals surface area (Å²) in [7, 11) is -4.00. The highest BCUT2D eigenvalue weighted by Gasteiger charge is 2.39. The van der Waals surface area contributed by atoms with Crippen LogP contribution >= 0.6 is 0 Å². The quantitative estimate of drug-likeness (QED) is 0.568. The Balaban J connectivity index is 2.05. The predicted octanol–water partition coefficient (Wildman–Crippen LogP) is 3.59. The van der Waals surface area contributed by atoms with Crippen molar-refractivity contribution in [2.45, 2.75) is 63.2 Å². The van der Waals surface area contributed by atoms with Crippen LogP contribution in [0.15, 0.2) is 29.3 Å². The molecular weight excluding hydrogens is 459 g/mol. The Morgan fingerprint density at radius 1 is 1.33 bits per heavy atom. The van der Waals surface area contributed by atoms with Crippen LogP contribution in [-0.2, 0) is 16.2 Å². The molecule has 1 saturated heterocycles. The molecule has 1 aromatic carbocycles. The maximum absolute atomic E-state index is 13.7. The van der Waals surface area contributed by atoms with Crippen LogP contribution in [0.3, 0.4) is 0 Å². The number of piperidine rings is 1. The van der Waals surface area contributed by atoms with Gasteiger partial charge >= 0.3 is 6.18 Å². The number of rotatable bonds is 6. The Morgan fingerprint density at radius 2 is 2.06 bits per heavy atom. The van der Waals surface area contributed by atoms with E-state index < -0.39 is 46.1 Å². The SMILES string of the molecule is [2H]C([2H])([2H])c1cc(S(=O)(=O)NC(C)C)ccc1Nc1ncc(C(F)(F)F)c(N2CCC[C@](C)(O)C2)n1. The summed E-state index contributed by atoms with van der Waals surface area (Å²) in [4.78, 5) is 8.77. The van der Waals surface area contributed by atoms with Crippen molar-refractivity contribution in [1.29, 1.82) is 0 Å². The maximum Gasteiger partial charge on any atom is 0.421 e. The van der Waals surface area contributed by atoms with E-state index in [1.165, 1.54) is 24.0 Å². The number of aromatic nitrogens is 2. The summed E-state index contributed by atoms with van der Waals surface area (Å²) in [5.74, 6) is -0.764. The highest BCUT2D eigenvalue weighted by molar-refractivity contribution is 7.89. The minimum Gasteiger partial charge on any atom is -0.388 e. The van der Waals surface area contributed by atoms with Gasteiger partial charge in [0.05, 0.1) is 10.5 Å². The van der Waals surface area contributed by atoms with Crippen LogP contribution in [0.1, 0.15) is 48.9 Å². The molecule has 1 aromatic heterocycles. The number of sulfonamides is 1. The molecule has 0 bridgehead atoms. The molecule has 0 saturated carbocycles. The zero-order valence-electron chi connectivity index (χ0n) is 21.4. The number of nitrogens with zero attached hydrogens (tertiary/aromatic N) is 3. The van der Waals surface area contributed by atoms with Crippen molar-refractivity contribution >= 4 is 27.5 Å². The van der Waals surface area contributed by atoms with Crippen LogP contribution in [0.4, 0.5) is 30.6 Å². The zero-order chi connectivity index (χ0) is 27.1. The summed E-state index contributed by atoms with van der Waals surface area (Å²) < 4.78 is 92.0. The van der Waals surface area contributed by atoms with E-state index in [1.54, 1.807) is 13.8 Å². The van der Waals surface area contributed by atoms with Crippen LogP contribution in [0.25, 0.3) is 0 Å². The molecule has 0 aliphatic carbocycles. The second-order valence-electron chi connectivity index (χ2n) is 8.56. The van der Waals surface area contributed by atoms with E-state index in [1.807, 2.05) is 0 Å². The number of benzene rings is 1. The molecular formula is C21H28F3N5O3S. The van der Waals surface area contributed by atoms with Gasteiger partial charge in [-0.3, -0.25) is 0 Å². The molecule has 0 unspecified atom stereocenters. The number of anilines is 3. The molecule has 2 heterocycles. The highest BCUT2D eigenvalue weighted by atomic mass is 32.2. The lowest BCUT2D eigenvalue weighted by atomic mass is 9.95. The third-order valence-corrected chi connectivity index (χ3v) is 6.64. The fraction of sp³-hybridized carbons (Fsp3) is 0.524. The molecule has 8 nitrogen and oxygen atoms in total. The standard InChI is InChI=1S/C21H28F3N5O3S/c1-13(2)28-33(31,32)15-6-7-17(14(3)10-15)26-19-25-11-16(21(22,23)24)18(27-19)29-9-5-8-20(4,30)12-29/h6-7,10-11,13,28,30H,5,8-9,12H2,1-4H3,(H,25,26,27)/t20-/m0/s1/i3D3. The zero-order valence-corrected chi connectivity index (χ0v) is 19.2. The topological polar surface area (TPSA) is 107 Å². The number of aryl methyl sites for hydroxylation is 1. The van der Waals surface area contributed by atoms with Crippen molar-refractivity contribution in [2.75, 3.05) is 23.3 Å². The van der Waals surface area contributed by atoms with Crippen molar-refractivity contribution in [3.05, 3.63) is 35.5 Å². The van der Waals surface area contributed by atoms with E-state index in [0.717, 1.165) is 6.07 Å². The molecule has 12 heteroatoms. The largest absolute Gasteiger partial charge is 0.421 e. The van der Waals surface area contributed by atoms with Gasteiger partial charge < -0.3 is 15.3 Å². The number of nitrogens with one attached hydrogen (secondary N) is 2. The Kier molecular flexibility index (Phi) is 5.80. The molecule has 1 atom stereocenters.